The van der Waals surface area contributed by atoms with Crippen molar-refractivity contribution in [2.24, 2.45) is 5.92 Å². The highest BCUT2D eigenvalue weighted by molar-refractivity contribution is 6.07. The van der Waals surface area contributed by atoms with Crippen LogP contribution >= 0.6 is 0 Å². The van der Waals surface area contributed by atoms with Crippen LogP contribution in [0.5, 0.6) is 5.75 Å². The number of para-hydroxylation sites is 1. The van der Waals surface area contributed by atoms with Gasteiger partial charge in [0.15, 0.2) is 0 Å². The number of benzene rings is 3. The van der Waals surface area contributed by atoms with Crippen LogP contribution in [0.3, 0.4) is 0 Å². The Kier molecular flexibility index (Phi) is 7.95. The molecular formula is C28H28FN3O4. The third-order valence-electron chi connectivity index (χ3n) is 5.91. The number of carbonyl (C=O) groups is 3. The summed E-state index contributed by atoms with van der Waals surface area (Å²) in [5.74, 6) is -1.00. The van der Waals surface area contributed by atoms with Gasteiger partial charge in [-0.3, -0.25) is 14.4 Å². The summed E-state index contributed by atoms with van der Waals surface area (Å²) in [5, 5.41) is 5.60. The highest BCUT2D eigenvalue weighted by Crippen LogP contribution is 2.28. The molecule has 7 nitrogen and oxygen atoms in total. The summed E-state index contributed by atoms with van der Waals surface area (Å²) < 4.78 is 18.7. The maximum absolute atomic E-state index is 13.1. The second-order valence-corrected chi connectivity index (χ2v) is 8.59. The van der Waals surface area contributed by atoms with Gasteiger partial charge < -0.3 is 20.3 Å². The second-order valence-electron chi connectivity index (χ2n) is 8.59. The minimum absolute atomic E-state index is 0.0822. The van der Waals surface area contributed by atoms with Gasteiger partial charge in [-0.05, 0) is 60.5 Å². The monoisotopic (exact) mass is 489 g/mol. The van der Waals surface area contributed by atoms with E-state index in [-0.39, 0.29) is 43.0 Å². The predicted molar refractivity (Wildman–Crippen MR) is 135 cm³/mol. The van der Waals surface area contributed by atoms with Crippen LogP contribution < -0.4 is 20.3 Å². The molecule has 8 heteroatoms. The zero-order valence-electron chi connectivity index (χ0n) is 20.0. The molecule has 3 aromatic rings. The molecule has 1 atom stereocenters. The molecule has 36 heavy (non-hydrogen) atoms. The maximum Gasteiger partial charge on any atom is 0.253 e. The molecule has 4 rings (SSSR count). The summed E-state index contributed by atoms with van der Waals surface area (Å²) in [4.78, 5) is 40.0. The zero-order chi connectivity index (χ0) is 25.5. The van der Waals surface area contributed by atoms with Gasteiger partial charge in [0.25, 0.3) is 5.91 Å². The van der Waals surface area contributed by atoms with Gasteiger partial charge in [-0.1, -0.05) is 31.2 Å². The topological polar surface area (TPSA) is 87.7 Å². The maximum atomic E-state index is 13.1. The molecule has 186 valence electrons. The first-order valence-electron chi connectivity index (χ1n) is 11.9. The molecule has 1 heterocycles. The minimum atomic E-state index is -0.552. The average molecular weight is 490 g/mol. The number of anilines is 2. The fraction of sp³-hybridized carbons (Fsp3) is 0.250. The number of nitrogens with one attached hydrogen (secondary N) is 2. The Bertz CT molecular complexity index is 1230. The van der Waals surface area contributed by atoms with Crippen molar-refractivity contribution in [1.29, 1.82) is 0 Å². The summed E-state index contributed by atoms with van der Waals surface area (Å²) in [6.07, 6.45) is 0.987. The summed E-state index contributed by atoms with van der Waals surface area (Å²) >= 11 is 0. The lowest BCUT2D eigenvalue weighted by atomic mass is 10.1. The summed E-state index contributed by atoms with van der Waals surface area (Å²) in [6, 6.07) is 19.8. The molecule has 0 aromatic heterocycles. The molecule has 0 unspecified atom stereocenters. The third-order valence-corrected chi connectivity index (χ3v) is 5.91. The molecule has 3 aromatic carbocycles. The largest absolute Gasteiger partial charge is 0.494 e. The molecule has 0 radical (unpaired) electrons. The van der Waals surface area contributed by atoms with E-state index in [1.165, 1.54) is 12.1 Å². The van der Waals surface area contributed by atoms with E-state index in [0.29, 0.717) is 23.5 Å². The lowest BCUT2D eigenvalue weighted by molar-refractivity contribution is -0.122. The molecule has 2 N–H and O–H groups in total. The fourth-order valence-electron chi connectivity index (χ4n) is 3.98. The quantitative estimate of drug-likeness (QED) is 0.462. The van der Waals surface area contributed by atoms with E-state index < -0.39 is 5.92 Å². The van der Waals surface area contributed by atoms with E-state index >= 15 is 0 Å². The molecule has 1 aliphatic rings. The molecule has 0 saturated carbocycles. The van der Waals surface area contributed by atoms with Crippen LogP contribution in [0.4, 0.5) is 15.8 Å². The van der Waals surface area contributed by atoms with Gasteiger partial charge in [0, 0.05) is 25.2 Å². The number of carbonyl (C=O) groups excluding carboxylic acids is 3. The lowest BCUT2D eigenvalue weighted by Crippen LogP contribution is -2.29. The molecular weight excluding hydrogens is 461 g/mol. The standard InChI is InChI=1S/C28H28FN3O4/c1-2-15-36-23-13-11-22(12-14-23)32-18-20(16-26(32)33)27(34)31-25-6-4-3-5-24(25)28(35)30-17-19-7-9-21(29)10-8-19/h3-14,20H,2,15-18H2,1H3,(H,30,35)(H,31,34)/t20-/m0/s1. The summed E-state index contributed by atoms with van der Waals surface area (Å²) in [6.45, 7) is 3.12. The fourth-order valence-corrected chi connectivity index (χ4v) is 3.98. The predicted octanol–water partition coefficient (Wildman–Crippen LogP) is 4.54. The van der Waals surface area contributed by atoms with Crippen LogP contribution in [-0.2, 0) is 16.1 Å². The van der Waals surface area contributed by atoms with Crippen molar-refractivity contribution in [3.63, 3.8) is 0 Å². The SMILES string of the molecule is CCCOc1ccc(N2C[C@@H](C(=O)Nc3ccccc3C(=O)NCc3ccc(F)cc3)CC2=O)cc1. The number of ether oxygens (including phenoxy) is 1. The van der Waals surface area contributed by atoms with Gasteiger partial charge >= 0.3 is 0 Å². The van der Waals surface area contributed by atoms with Crippen molar-refractivity contribution in [3.05, 3.63) is 89.7 Å². The number of hydrogen-bond donors (Lipinski definition) is 2. The van der Waals surface area contributed by atoms with E-state index in [1.807, 2.05) is 31.2 Å². The number of halogens is 1. The number of rotatable bonds is 9. The Labute approximate surface area is 209 Å². The van der Waals surface area contributed by atoms with E-state index in [0.717, 1.165) is 17.7 Å². The van der Waals surface area contributed by atoms with Crippen LogP contribution in [0.2, 0.25) is 0 Å². The zero-order valence-corrected chi connectivity index (χ0v) is 20.0. The molecule has 3 amide bonds. The van der Waals surface area contributed by atoms with Crippen LogP contribution in [-0.4, -0.2) is 30.9 Å². The van der Waals surface area contributed by atoms with Gasteiger partial charge in [0.2, 0.25) is 11.8 Å². The van der Waals surface area contributed by atoms with Crippen molar-refractivity contribution >= 4 is 29.1 Å². The van der Waals surface area contributed by atoms with E-state index in [4.69, 9.17) is 4.74 Å². The summed E-state index contributed by atoms with van der Waals surface area (Å²) in [5.41, 5.74) is 2.12. The first kappa shape index (κ1) is 24.9. The lowest BCUT2D eigenvalue weighted by Gasteiger charge is -2.18. The van der Waals surface area contributed by atoms with Gasteiger partial charge in [0.05, 0.1) is 23.8 Å². The number of hydrogen-bond acceptors (Lipinski definition) is 4. The van der Waals surface area contributed by atoms with Gasteiger partial charge in [0.1, 0.15) is 11.6 Å². The normalized spacial score (nSPS) is 15.0. The Morgan fingerprint density at radius 1 is 1.03 bits per heavy atom. The highest BCUT2D eigenvalue weighted by atomic mass is 19.1. The summed E-state index contributed by atoms with van der Waals surface area (Å²) in [7, 11) is 0. The molecule has 1 aliphatic heterocycles. The number of amides is 3. The van der Waals surface area contributed by atoms with E-state index in [1.54, 1.807) is 41.3 Å². The first-order valence-corrected chi connectivity index (χ1v) is 11.9. The average Bonchev–Trinajstić information content (AvgIpc) is 3.29. The van der Waals surface area contributed by atoms with Crippen LogP contribution in [0.25, 0.3) is 0 Å². The van der Waals surface area contributed by atoms with Crippen molar-refractivity contribution in [2.45, 2.75) is 26.3 Å². The molecule has 1 saturated heterocycles. The van der Waals surface area contributed by atoms with Crippen molar-refractivity contribution in [2.75, 3.05) is 23.4 Å². The van der Waals surface area contributed by atoms with Crippen molar-refractivity contribution in [3.8, 4) is 5.75 Å². The van der Waals surface area contributed by atoms with Crippen LogP contribution in [0, 0.1) is 11.7 Å². The first-order chi connectivity index (χ1) is 17.4. The molecule has 0 spiro atoms. The highest BCUT2D eigenvalue weighted by Gasteiger charge is 2.35. The van der Waals surface area contributed by atoms with Gasteiger partial charge in [-0.25, -0.2) is 4.39 Å². The minimum Gasteiger partial charge on any atom is -0.494 e. The third kappa shape index (κ3) is 6.07. The smallest absolute Gasteiger partial charge is 0.253 e. The Balaban J connectivity index is 1.38. The van der Waals surface area contributed by atoms with Crippen molar-refractivity contribution < 1.29 is 23.5 Å². The molecule has 0 bridgehead atoms. The van der Waals surface area contributed by atoms with Crippen LogP contribution in [0.15, 0.2) is 72.8 Å². The van der Waals surface area contributed by atoms with E-state index in [2.05, 4.69) is 10.6 Å². The number of nitrogens with zero attached hydrogens (tertiary/aromatic N) is 1. The van der Waals surface area contributed by atoms with Crippen molar-refractivity contribution in [1.82, 2.24) is 5.32 Å². The Hall–Kier alpha value is -4.20. The van der Waals surface area contributed by atoms with Gasteiger partial charge in [-0.2, -0.15) is 0 Å². The molecule has 1 fully saturated rings. The van der Waals surface area contributed by atoms with E-state index in [9.17, 15) is 18.8 Å². The van der Waals surface area contributed by atoms with Crippen LogP contribution in [0.1, 0.15) is 35.7 Å². The molecule has 0 aliphatic carbocycles. The Morgan fingerprint density at radius 3 is 2.47 bits per heavy atom. The van der Waals surface area contributed by atoms with Gasteiger partial charge in [-0.15, -0.1) is 0 Å². The Morgan fingerprint density at radius 2 is 1.75 bits per heavy atom. The second kappa shape index (κ2) is 11.5.